The summed E-state index contributed by atoms with van der Waals surface area (Å²) < 4.78 is 11.1. The molecule has 0 amide bonds. The van der Waals surface area contributed by atoms with Crippen molar-refractivity contribution in [2.75, 3.05) is 26.8 Å². The molecule has 0 aliphatic carbocycles. The Hall–Kier alpha value is -1.10. The standard InChI is InChI=1S/C16H28N2O2/c1-6-7-18(8-9-19-5)12-15-10-14(4)16(20-15)11-17-13(2)3/h6,10,13,17H,1,7-9,11-12H2,2-5H3. The van der Waals surface area contributed by atoms with Crippen molar-refractivity contribution in [2.45, 2.75) is 39.9 Å². The highest BCUT2D eigenvalue weighted by Crippen LogP contribution is 2.16. The number of rotatable bonds is 10. The van der Waals surface area contributed by atoms with E-state index in [1.54, 1.807) is 7.11 Å². The number of aryl methyl sites for hydroxylation is 1. The molecule has 0 bridgehead atoms. The van der Waals surface area contributed by atoms with Gasteiger partial charge < -0.3 is 14.5 Å². The molecule has 4 nitrogen and oxygen atoms in total. The molecule has 0 aliphatic heterocycles. The van der Waals surface area contributed by atoms with Crippen molar-refractivity contribution in [3.05, 3.63) is 35.8 Å². The van der Waals surface area contributed by atoms with Gasteiger partial charge in [0.1, 0.15) is 11.5 Å². The molecule has 1 rings (SSSR count). The summed E-state index contributed by atoms with van der Waals surface area (Å²) in [6.45, 7) is 14.2. The summed E-state index contributed by atoms with van der Waals surface area (Å²) in [6, 6.07) is 2.59. The number of nitrogens with zero attached hydrogens (tertiary/aromatic N) is 1. The van der Waals surface area contributed by atoms with Crippen LogP contribution in [0.2, 0.25) is 0 Å². The average molecular weight is 280 g/mol. The minimum atomic E-state index is 0.460. The van der Waals surface area contributed by atoms with Gasteiger partial charge in [-0.05, 0) is 18.6 Å². The Morgan fingerprint density at radius 1 is 1.50 bits per heavy atom. The molecule has 0 aliphatic rings. The van der Waals surface area contributed by atoms with E-state index < -0.39 is 0 Å². The van der Waals surface area contributed by atoms with Crippen molar-refractivity contribution in [1.29, 1.82) is 0 Å². The molecule has 0 aromatic carbocycles. The highest BCUT2D eigenvalue weighted by molar-refractivity contribution is 5.20. The van der Waals surface area contributed by atoms with Crippen LogP contribution in [0.3, 0.4) is 0 Å². The minimum absolute atomic E-state index is 0.460. The summed E-state index contributed by atoms with van der Waals surface area (Å²) in [5.74, 6) is 2.03. The summed E-state index contributed by atoms with van der Waals surface area (Å²) in [4.78, 5) is 2.26. The van der Waals surface area contributed by atoms with E-state index in [1.807, 2.05) is 6.08 Å². The van der Waals surface area contributed by atoms with Crippen LogP contribution in [0.1, 0.15) is 30.9 Å². The number of furan rings is 1. The lowest BCUT2D eigenvalue weighted by atomic mass is 10.2. The maximum absolute atomic E-state index is 5.94. The molecule has 0 radical (unpaired) electrons. The Morgan fingerprint density at radius 2 is 2.25 bits per heavy atom. The molecular weight excluding hydrogens is 252 g/mol. The monoisotopic (exact) mass is 280 g/mol. The topological polar surface area (TPSA) is 37.6 Å². The van der Waals surface area contributed by atoms with Crippen molar-refractivity contribution in [2.24, 2.45) is 0 Å². The van der Waals surface area contributed by atoms with E-state index in [4.69, 9.17) is 9.15 Å². The van der Waals surface area contributed by atoms with Crippen LogP contribution in [0.5, 0.6) is 0 Å². The predicted molar refractivity (Wildman–Crippen MR) is 82.8 cm³/mol. The molecular formula is C16H28N2O2. The van der Waals surface area contributed by atoms with Gasteiger partial charge in [0.2, 0.25) is 0 Å². The lowest BCUT2D eigenvalue weighted by Crippen LogP contribution is -2.27. The normalized spacial score (nSPS) is 11.5. The van der Waals surface area contributed by atoms with E-state index in [0.717, 1.165) is 44.3 Å². The first-order valence-electron chi connectivity index (χ1n) is 7.20. The molecule has 0 unspecified atom stereocenters. The van der Waals surface area contributed by atoms with Crippen LogP contribution in [0.4, 0.5) is 0 Å². The molecule has 0 saturated carbocycles. The average Bonchev–Trinajstić information content (AvgIpc) is 2.74. The van der Waals surface area contributed by atoms with Gasteiger partial charge in [0.25, 0.3) is 0 Å². The third-order valence-corrected chi connectivity index (χ3v) is 3.12. The number of ether oxygens (including phenoxy) is 1. The Kier molecular flexibility index (Phi) is 7.59. The van der Waals surface area contributed by atoms with E-state index in [-0.39, 0.29) is 0 Å². The van der Waals surface area contributed by atoms with Crippen LogP contribution in [-0.2, 0) is 17.8 Å². The predicted octanol–water partition coefficient (Wildman–Crippen LogP) is 2.72. The zero-order valence-corrected chi connectivity index (χ0v) is 13.2. The van der Waals surface area contributed by atoms with Gasteiger partial charge in [0.15, 0.2) is 0 Å². The summed E-state index contributed by atoms with van der Waals surface area (Å²) >= 11 is 0. The molecule has 114 valence electrons. The second kappa shape index (κ2) is 8.95. The van der Waals surface area contributed by atoms with Crippen LogP contribution < -0.4 is 5.32 Å². The van der Waals surface area contributed by atoms with Crippen molar-refractivity contribution in [3.63, 3.8) is 0 Å². The van der Waals surface area contributed by atoms with E-state index in [2.05, 4.69) is 43.6 Å². The zero-order chi connectivity index (χ0) is 15.0. The van der Waals surface area contributed by atoms with Crippen LogP contribution in [-0.4, -0.2) is 37.7 Å². The fraction of sp³-hybridized carbons (Fsp3) is 0.625. The fourth-order valence-electron chi connectivity index (χ4n) is 2.00. The van der Waals surface area contributed by atoms with E-state index in [9.17, 15) is 0 Å². The van der Waals surface area contributed by atoms with Crippen LogP contribution in [0.15, 0.2) is 23.1 Å². The highest BCUT2D eigenvalue weighted by Gasteiger charge is 2.11. The Morgan fingerprint density at radius 3 is 2.85 bits per heavy atom. The molecule has 0 saturated heterocycles. The second-order valence-corrected chi connectivity index (χ2v) is 5.37. The van der Waals surface area contributed by atoms with Gasteiger partial charge in [-0.15, -0.1) is 6.58 Å². The van der Waals surface area contributed by atoms with Gasteiger partial charge in [0.05, 0.1) is 19.7 Å². The van der Waals surface area contributed by atoms with Gasteiger partial charge in [0, 0.05) is 26.2 Å². The maximum atomic E-state index is 5.94. The lowest BCUT2D eigenvalue weighted by molar-refractivity contribution is 0.146. The first-order valence-corrected chi connectivity index (χ1v) is 7.20. The van der Waals surface area contributed by atoms with E-state index >= 15 is 0 Å². The molecule has 0 fully saturated rings. The number of hydrogen-bond donors (Lipinski definition) is 1. The van der Waals surface area contributed by atoms with Gasteiger partial charge >= 0.3 is 0 Å². The van der Waals surface area contributed by atoms with Gasteiger partial charge in [-0.1, -0.05) is 19.9 Å². The minimum Gasteiger partial charge on any atom is -0.463 e. The maximum Gasteiger partial charge on any atom is 0.120 e. The lowest BCUT2D eigenvalue weighted by Gasteiger charge is -2.18. The largest absolute Gasteiger partial charge is 0.463 e. The second-order valence-electron chi connectivity index (χ2n) is 5.37. The van der Waals surface area contributed by atoms with E-state index in [1.165, 1.54) is 5.56 Å². The SMILES string of the molecule is C=CCN(CCOC)Cc1cc(C)c(CNC(C)C)o1. The fourth-order valence-corrected chi connectivity index (χ4v) is 2.00. The molecule has 1 aromatic rings. The Labute approximate surface area is 122 Å². The summed E-state index contributed by atoms with van der Waals surface area (Å²) in [5.41, 5.74) is 1.21. The van der Waals surface area contributed by atoms with Gasteiger partial charge in [-0.3, -0.25) is 4.90 Å². The molecule has 1 N–H and O–H groups in total. The third kappa shape index (κ3) is 5.90. The van der Waals surface area contributed by atoms with Crippen molar-refractivity contribution in [3.8, 4) is 0 Å². The summed E-state index contributed by atoms with van der Waals surface area (Å²) in [6.07, 6.45) is 1.91. The number of hydrogen-bond acceptors (Lipinski definition) is 4. The van der Waals surface area contributed by atoms with Crippen molar-refractivity contribution >= 4 is 0 Å². The van der Waals surface area contributed by atoms with Gasteiger partial charge in [-0.25, -0.2) is 0 Å². The number of methoxy groups -OCH3 is 1. The highest BCUT2D eigenvalue weighted by atomic mass is 16.5. The van der Waals surface area contributed by atoms with Crippen LogP contribution >= 0.6 is 0 Å². The molecule has 0 spiro atoms. The van der Waals surface area contributed by atoms with Crippen molar-refractivity contribution in [1.82, 2.24) is 10.2 Å². The molecule has 1 heterocycles. The Balaban J connectivity index is 2.61. The Bertz CT molecular complexity index is 399. The molecule has 1 aromatic heterocycles. The molecule has 0 atom stereocenters. The smallest absolute Gasteiger partial charge is 0.120 e. The number of nitrogens with one attached hydrogen (secondary N) is 1. The van der Waals surface area contributed by atoms with E-state index in [0.29, 0.717) is 6.04 Å². The van der Waals surface area contributed by atoms with Crippen LogP contribution in [0, 0.1) is 6.92 Å². The molecule has 4 heteroatoms. The first-order chi connectivity index (χ1) is 9.56. The summed E-state index contributed by atoms with van der Waals surface area (Å²) in [5, 5.41) is 3.39. The quantitative estimate of drug-likeness (QED) is 0.669. The summed E-state index contributed by atoms with van der Waals surface area (Å²) in [7, 11) is 1.72. The van der Waals surface area contributed by atoms with Crippen molar-refractivity contribution < 1.29 is 9.15 Å². The van der Waals surface area contributed by atoms with Crippen LogP contribution in [0.25, 0.3) is 0 Å². The third-order valence-electron chi connectivity index (χ3n) is 3.12. The zero-order valence-electron chi connectivity index (χ0n) is 13.2. The molecule has 20 heavy (non-hydrogen) atoms. The first kappa shape index (κ1) is 17.0. The van der Waals surface area contributed by atoms with Gasteiger partial charge in [-0.2, -0.15) is 0 Å².